The molecule has 2 aromatic carbocycles. The summed E-state index contributed by atoms with van der Waals surface area (Å²) in [6.07, 6.45) is 2.06. The van der Waals surface area contributed by atoms with Gasteiger partial charge in [0.1, 0.15) is 11.8 Å². The molecule has 0 heterocycles. The summed E-state index contributed by atoms with van der Waals surface area (Å²) >= 11 is 0. The van der Waals surface area contributed by atoms with Crippen molar-refractivity contribution in [3.8, 4) is 11.8 Å². The molecule has 2 aromatic rings. The molecule has 1 saturated carbocycles. The molecular weight excluding hydrogens is 302 g/mol. The van der Waals surface area contributed by atoms with Crippen LogP contribution in [0.3, 0.4) is 0 Å². The van der Waals surface area contributed by atoms with E-state index in [0.29, 0.717) is 17.0 Å². The summed E-state index contributed by atoms with van der Waals surface area (Å²) in [7, 11) is 1.56. The van der Waals surface area contributed by atoms with E-state index >= 15 is 0 Å². The lowest BCUT2D eigenvalue weighted by Gasteiger charge is -2.21. The molecule has 1 aliphatic carbocycles. The topological polar surface area (TPSA) is 74.1 Å². The summed E-state index contributed by atoms with van der Waals surface area (Å²) in [5.41, 5.74) is 1.99. The minimum absolute atomic E-state index is 0.0758. The summed E-state index contributed by atoms with van der Waals surface area (Å²) in [6.45, 7) is 0. The van der Waals surface area contributed by atoms with Crippen LogP contribution in [0.25, 0.3) is 0 Å². The zero-order valence-corrected chi connectivity index (χ0v) is 13.5. The second-order valence-electron chi connectivity index (χ2n) is 5.80. The van der Waals surface area contributed by atoms with Crippen LogP contribution >= 0.6 is 0 Å². The number of nitrogens with one attached hydrogen (secondary N) is 2. The number of hydrogen-bond donors (Lipinski definition) is 2. The van der Waals surface area contributed by atoms with Crippen molar-refractivity contribution in [2.45, 2.75) is 24.9 Å². The van der Waals surface area contributed by atoms with Gasteiger partial charge in [-0.1, -0.05) is 30.3 Å². The van der Waals surface area contributed by atoms with Gasteiger partial charge in [-0.2, -0.15) is 5.26 Å². The summed E-state index contributed by atoms with van der Waals surface area (Å²) in [4.78, 5) is 12.7. The van der Waals surface area contributed by atoms with E-state index in [1.54, 1.807) is 25.3 Å². The zero-order valence-electron chi connectivity index (χ0n) is 13.5. The third-order valence-corrected chi connectivity index (χ3v) is 3.95. The van der Waals surface area contributed by atoms with Gasteiger partial charge in [0.05, 0.1) is 24.4 Å². The first-order valence-electron chi connectivity index (χ1n) is 7.91. The van der Waals surface area contributed by atoms with Crippen LogP contribution in [-0.2, 0) is 4.79 Å². The molecule has 0 saturated heterocycles. The minimum atomic E-state index is -0.547. The summed E-state index contributed by atoms with van der Waals surface area (Å²) in [5.74, 6) is 0.516. The number of carbonyl (C=O) groups excluding carboxylic acids is 1. The Morgan fingerprint density at radius 3 is 2.62 bits per heavy atom. The van der Waals surface area contributed by atoms with Crippen LogP contribution in [0.4, 0.5) is 5.69 Å². The molecule has 0 radical (unpaired) electrons. The highest BCUT2D eigenvalue weighted by Gasteiger charge is 2.28. The largest absolute Gasteiger partial charge is 0.495 e. The Hall–Kier alpha value is -3.00. The maximum absolute atomic E-state index is 12.7. The molecule has 1 atom stereocenters. The van der Waals surface area contributed by atoms with E-state index in [9.17, 15) is 4.79 Å². The Balaban J connectivity index is 1.91. The first-order valence-corrected chi connectivity index (χ1v) is 7.91. The van der Waals surface area contributed by atoms with E-state index in [2.05, 4.69) is 16.7 Å². The summed E-state index contributed by atoms with van der Waals surface area (Å²) in [5, 5.41) is 15.4. The number of nitrogens with zero attached hydrogens (tertiary/aromatic N) is 1. The van der Waals surface area contributed by atoms with E-state index in [0.717, 1.165) is 18.4 Å². The average Bonchev–Trinajstić information content (AvgIpc) is 3.44. The number of ether oxygens (including phenoxy) is 1. The monoisotopic (exact) mass is 321 g/mol. The van der Waals surface area contributed by atoms with E-state index in [-0.39, 0.29) is 11.9 Å². The van der Waals surface area contributed by atoms with Gasteiger partial charge >= 0.3 is 0 Å². The fraction of sp³-hybridized carbons (Fsp3) is 0.263. The van der Waals surface area contributed by atoms with Gasteiger partial charge in [-0.05, 0) is 36.6 Å². The Morgan fingerprint density at radius 1 is 1.25 bits per heavy atom. The van der Waals surface area contributed by atoms with Crippen LogP contribution in [0.1, 0.15) is 30.0 Å². The number of anilines is 1. The van der Waals surface area contributed by atoms with Crippen molar-refractivity contribution in [3.05, 3.63) is 59.7 Å². The molecule has 24 heavy (non-hydrogen) atoms. The number of methoxy groups -OCH3 is 1. The molecule has 0 bridgehead atoms. The Morgan fingerprint density at radius 2 is 2.00 bits per heavy atom. The van der Waals surface area contributed by atoms with Crippen LogP contribution in [0.2, 0.25) is 0 Å². The molecule has 1 amide bonds. The SMILES string of the molecule is COc1ccc(C#N)cc1NC(C(=O)NC1CC1)c1ccccc1. The van der Waals surface area contributed by atoms with Gasteiger partial charge in [0.2, 0.25) is 5.91 Å². The van der Waals surface area contributed by atoms with E-state index in [1.165, 1.54) is 0 Å². The number of benzene rings is 2. The molecule has 122 valence electrons. The molecule has 0 spiro atoms. The van der Waals surface area contributed by atoms with Gasteiger partial charge < -0.3 is 15.4 Å². The van der Waals surface area contributed by atoms with Crippen LogP contribution in [0, 0.1) is 11.3 Å². The number of rotatable bonds is 6. The Labute approximate surface area is 141 Å². The van der Waals surface area contributed by atoms with Crippen molar-refractivity contribution in [3.63, 3.8) is 0 Å². The third-order valence-electron chi connectivity index (χ3n) is 3.95. The van der Waals surface area contributed by atoms with Crippen molar-refractivity contribution in [2.75, 3.05) is 12.4 Å². The second-order valence-corrected chi connectivity index (χ2v) is 5.80. The molecule has 1 unspecified atom stereocenters. The predicted octanol–water partition coefficient (Wildman–Crippen LogP) is 3.00. The summed E-state index contributed by atoms with van der Waals surface area (Å²) < 4.78 is 5.35. The van der Waals surface area contributed by atoms with Crippen LogP contribution in [0.15, 0.2) is 48.5 Å². The molecule has 3 rings (SSSR count). The fourth-order valence-electron chi connectivity index (χ4n) is 2.50. The van der Waals surface area contributed by atoms with Crippen molar-refractivity contribution in [1.82, 2.24) is 5.32 Å². The lowest BCUT2D eigenvalue weighted by molar-refractivity contribution is -0.122. The number of nitriles is 1. The van der Waals surface area contributed by atoms with Gasteiger partial charge in [0.15, 0.2) is 0 Å². The van der Waals surface area contributed by atoms with Crippen molar-refractivity contribution in [1.29, 1.82) is 5.26 Å². The third kappa shape index (κ3) is 3.66. The lowest BCUT2D eigenvalue weighted by Crippen LogP contribution is -2.34. The van der Waals surface area contributed by atoms with E-state index in [1.807, 2.05) is 30.3 Å². The predicted molar refractivity (Wildman–Crippen MR) is 91.7 cm³/mol. The van der Waals surface area contributed by atoms with Crippen molar-refractivity contribution >= 4 is 11.6 Å². The molecule has 5 nitrogen and oxygen atoms in total. The zero-order chi connectivity index (χ0) is 16.9. The van der Waals surface area contributed by atoms with E-state index < -0.39 is 6.04 Å². The lowest BCUT2D eigenvalue weighted by atomic mass is 10.0. The molecule has 5 heteroatoms. The normalized spacial score (nSPS) is 14.3. The van der Waals surface area contributed by atoms with E-state index in [4.69, 9.17) is 10.00 Å². The standard InChI is InChI=1S/C19H19N3O2/c1-24-17-10-7-13(12-20)11-16(17)22-18(14-5-3-2-4-6-14)19(23)21-15-8-9-15/h2-7,10-11,15,18,22H,8-9H2,1H3,(H,21,23). The molecule has 1 fully saturated rings. The summed E-state index contributed by atoms with van der Waals surface area (Å²) in [6, 6.07) is 16.5. The van der Waals surface area contributed by atoms with Crippen molar-refractivity contribution in [2.24, 2.45) is 0 Å². The molecule has 0 aromatic heterocycles. The van der Waals surface area contributed by atoms with Gasteiger partial charge in [-0.25, -0.2) is 0 Å². The first-order chi connectivity index (χ1) is 11.7. The van der Waals surface area contributed by atoms with Crippen molar-refractivity contribution < 1.29 is 9.53 Å². The smallest absolute Gasteiger partial charge is 0.247 e. The van der Waals surface area contributed by atoms with Gasteiger partial charge in [0, 0.05) is 6.04 Å². The van der Waals surface area contributed by atoms with Gasteiger partial charge in [-0.15, -0.1) is 0 Å². The molecule has 1 aliphatic rings. The highest BCUT2D eigenvalue weighted by molar-refractivity contribution is 5.87. The average molecular weight is 321 g/mol. The number of hydrogen-bond acceptors (Lipinski definition) is 4. The highest BCUT2D eigenvalue weighted by Crippen LogP contribution is 2.30. The molecule has 0 aliphatic heterocycles. The van der Waals surface area contributed by atoms with Gasteiger partial charge in [0.25, 0.3) is 0 Å². The van der Waals surface area contributed by atoms with Gasteiger partial charge in [-0.3, -0.25) is 4.79 Å². The van der Waals surface area contributed by atoms with Crippen LogP contribution < -0.4 is 15.4 Å². The Kier molecular flexibility index (Phi) is 4.66. The fourth-order valence-corrected chi connectivity index (χ4v) is 2.50. The van der Waals surface area contributed by atoms with Crippen LogP contribution in [0.5, 0.6) is 5.75 Å². The maximum Gasteiger partial charge on any atom is 0.247 e. The maximum atomic E-state index is 12.7. The number of carbonyl (C=O) groups is 1. The molecular formula is C19H19N3O2. The quantitative estimate of drug-likeness (QED) is 0.858. The Bertz CT molecular complexity index is 764. The highest BCUT2D eigenvalue weighted by atomic mass is 16.5. The minimum Gasteiger partial charge on any atom is -0.495 e. The first kappa shape index (κ1) is 15.9. The molecule has 2 N–H and O–H groups in total. The number of amides is 1. The second kappa shape index (κ2) is 7.05. The van der Waals surface area contributed by atoms with Crippen LogP contribution in [-0.4, -0.2) is 19.1 Å².